The molecular formula is C19H22F3N3O3. The molecule has 152 valence electrons. The van der Waals surface area contributed by atoms with E-state index in [4.69, 9.17) is 4.74 Å². The van der Waals surface area contributed by atoms with E-state index in [1.807, 2.05) is 0 Å². The van der Waals surface area contributed by atoms with Crippen molar-refractivity contribution in [3.63, 3.8) is 0 Å². The predicted molar refractivity (Wildman–Crippen MR) is 95.3 cm³/mol. The molecule has 0 bridgehead atoms. The molecule has 1 aromatic carbocycles. The number of nitrogens with zero attached hydrogens (tertiary/aromatic N) is 2. The van der Waals surface area contributed by atoms with E-state index in [1.165, 1.54) is 12.1 Å². The zero-order valence-electron chi connectivity index (χ0n) is 15.3. The molecule has 0 radical (unpaired) electrons. The highest BCUT2D eigenvalue weighted by Gasteiger charge is 2.38. The lowest BCUT2D eigenvalue weighted by atomic mass is 10.1. The van der Waals surface area contributed by atoms with Crippen LogP contribution in [0.3, 0.4) is 0 Å². The maximum Gasteiger partial charge on any atom is 0.449 e. The number of hydrogen-bond acceptors (Lipinski definition) is 4. The SMILES string of the molecule is O=C(COC(=O)Cn1c(C(F)(F)F)nc2ccccc21)NC1CCCCCC1. The van der Waals surface area contributed by atoms with Crippen molar-refractivity contribution in [2.75, 3.05) is 6.61 Å². The minimum Gasteiger partial charge on any atom is -0.454 e. The standard InChI is InChI=1S/C19H22F3N3O3/c20-19(21,22)18-24-14-9-5-6-10-15(14)25(18)11-17(27)28-12-16(26)23-13-7-3-1-2-4-8-13/h5-6,9-10,13H,1-4,7-8,11-12H2,(H,23,26). The average Bonchev–Trinajstić information content (AvgIpc) is 2.82. The van der Waals surface area contributed by atoms with Crippen LogP contribution in [0.25, 0.3) is 11.0 Å². The van der Waals surface area contributed by atoms with Crippen molar-refractivity contribution >= 4 is 22.9 Å². The number of nitrogens with one attached hydrogen (secondary N) is 1. The number of benzene rings is 1. The van der Waals surface area contributed by atoms with E-state index < -0.39 is 37.0 Å². The summed E-state index contributed by atoms with van der Waals surface area (Å²) in [4.78, 5) is 27.6. The number of esters is 1. The van der Waals surface area contributed by atoms with Gasteiger partial charge in [-0.25, -0.2) is 4.98 Å². The lowest BCUT2D eigenvalue weighted by Crippen LogP contribution is -2.37. The Kier molecular flexibility index (Phi) is 6.21. The van der Waals surface area contributed by atoms with Crippen molar-refractivity contribution in [2.45, 2.75) is 57.3 Å². The summed E-state index contributed by atoms with van der Waals surface area (Å²) < 4.78 is 45.4. The second-order valence-electron chi connectivity index (χ2n) is 6.92. The van der Waals surface area contributed by atoms with E-state index in [2.05, 4.69) is 10.3 Å². The fourth-order valence-electron chi connectivity index (χ4n) is 3.47. The first-order valence-corrected chi connectivity index (χ1v) is 9.32. The van der Waals surface area contributed by atoms with Gasteiger partial charge >= 0.3 is 12.1 Å². The van der Waals surface area contributed by atoms with Gasteiger partial charge in [-0.2, -0.15) is 13.2 Å². The third-order valence-corrected chi connectivity index (χ3v) is 4.78. The highest BCUT2D eigenvalue weighted by atomic mass is 19.4. The summed E-state index contributed by atoms with van der Waals surface area (Å²) in [5.41, 5.74) is 0.309. The number of para-hydroxylation sites is 2. The van der Waals surface area contributed by atoms with Crippen LogP contribution in [0.5, 0.6) is 0 Å². The average molecular weight is 397 g/mol. The molecule has 2 aromatic rings. The first kappa shape index (κ1) is 20.2. The van der Waals surface area contributed by atoms with Crippen LogP contribution in [0.4, 0.5) is 13.2 Å². The number of alkyl halides is 3. The molecule has 0 aliphatic heterocycles. The van der Waals surface area contributed by atoms with Gasteiger partial charge in [0.2, 0.25) is 5.82 Å². The number of carbonyl (C=O) groups excluding carboxylic acids is 2. The second-order valence-corrected chi connectivity index (χ2v) is 6.92. The number of ether oxygens (including phenoxy) is 1. The molecule has 1 aliphatic carbocycles. The van der Waals surface area contributed by atoms with E-state index in [0.717, 1.165) is 43.1 Å². The largest absolute Gasteiger partial charge is 0.454 e. The van der Waals surface area contributed by atoms with Crippen molar-refractivity contribution in [3.8, 4) is 0 Å². The van der Waals surface area contributed by atoms with Gasteiger partial charge in [-0.15, -0.1) is 0 Å². The first-order chi connectivity index (χ1) is 13.3. The van der Waals surface area contributed by atoms with Crippen LogP contribution in [0, 0.1) is 0 Å². The molecule has 0 saturated heterocycles. The molecule has 6 nitrogen and oxygen atoms in total. The van der Waals surface area contributed by atoms with Gasteiger partial charge < -0.3 is 14.6 Å². The first-order valence-electron chi connectivity index (χ1n) is 9.32. The third kappa shape index (κ3) is 5.02. The smallest absolute Gasteiger partial charge is 0.449 e. The molecule has 9 heteroatoms. The molecule has 1 fully saturated rings. The summed E-state index contributed by atoms with van der Waals surface area (Å²) in [6, 6.07) is 6.07. The van der Waals surface area contributed by atoms with Crippen molar-refractivity contribution < 1.29 is 27.5 Å². The lowest BCUT2D eigenvalue weighted by molar-refractivity contribution is -0.153. The monoisotopic (exact) mass is 397 g/mol. The number of amides is 1. The maximum atomic E-state index is 13.2. The van der Waals surface area contributed by atoms with Crippen molar-refractivity contribution in [1.29, 1.82) is 0 Å². The Labute approximate surface area is 160 Å². The maximum absolute atomic E-state index is 13.2. The van der Waals surface area contributed by atoms with E-state index in [-0.39, 0.29) is 17.1 Å². The molecule has 0 spiro atoms. The van der Waals surface area contributed by atoms with Crippen LogP contribution in [0.2, 0.25) is 0 Å². The molecule has 1 heterocycles. The van der Waals surface area contributed by atoms with Gasteiger partial charge in [-0.3, -0.25) is 9.59 Å². The molecule has 28 heavy (non-hydrogen) atoms. The summed E-state index contributed by atoms with van der Waals surface area (Å²) in [6.07, 6.45) is 1.42. The van der Waals surface area contributed by atoms with E-state index >= 15 is 0 Å². The summed E-state index contributed by atoms with van der Waals surface area (Å²) in [5.74, 6) is -2.54. The quantitative estimate of drug-likeness (QED) is 0.620. The second kappa shape index (κ2) is 8.62. The molecule has 1 aliphatic rings. The van der Waals surface area contributed by atoms with Crippen LogP contribution in [0.1, 0.15) is 44.3 Å². The Bertz CT molecular complexity index is 840. The minimum absolute atomic E-state index is 0.0585. The summed E-state index contributed by atoms with van der Waals surface area (Å²) in [6.45, 7) is -1.19. The fourth-order valence-corrected chi connectivity index (χ4v) is 3.47. The van der Waals surface area contributed by atoms with Gasteiger partial charge in [0, 0.05) is 6.04 Å². The zero-order chi connectivity index (χ0) is 20.1. The van der Waals surface area contributed by atoms with Crippen LogP contribution in [0.15, 0.2) is 24.3 Å². The topological polar surface area (TPSA) is 73.2 Å². The Hall–Kier alpha value is -2.58. The van der Waals surface area contributed by atoms with Crippen molar-refractivity contribution in [1.82, 2.24) is 14.9 Å². The number of hydrogen-bond donors (Lipinski definition) is 1. The molecule has 1 amide bonds. The normalized spacial score (nSPS) is 16.0. The van der Waals surface area contributed by atoms with Gasteiger partial charge in [-0.05, 0) is 25.0 Å². The molecule has 0 atom stereocenters. The lowest BCUT2D eigenvalue weighted by Gasteiger charge is -2.16. The van der Waals surface area contributed by atoms with Gasteiger partial charge in [0.1, 0.15) is 6.54 Å². The number of fused-ring (bicyclic) bond motifs is 1. The van der Waals surface area contributed by atoms with Crippen molar-refractivity contribution in [3.05, 3.63) is 30.1 Å². The Balaban J connectivity index is 1.61. The van der Waals surface area contributed by atoms with E-state index in [1.54, 1.807) is 12.1 Å². The Morgan fingerprint density at radius 2 is 1.82 bits per heavy atom. The highest BCUT2D eigenvalue weighted by molar-refractivity contribution is 5.82. The number of imidazole rings is 1. The summed E-state index contributed by atoms with van der Waals surface area (Å²) in [7, 11) is 0. The molecule has 1 saturated carbocycles. The minimum atomic E-state index is -4.71. The van der Waals surface area contributed by atoms with E-state index in [9.17, 15) is 22.8 Å². The van der Waals surface area contributed by atoms with Gasteiger partial charge in [0.05, 0.1) is 11.0 Å². The molecule has 3 rings (SSSR count). The number of aromatic nitrogens is 2. The van der Waals surface area contributed by atoms with Crippen LogP contribution < -0.4 is 5.32 Å². The van der Waals surface area contributed by atoms with Gasteiger partial charge in [-0.1, -0.05) is 37.8 Å². The van der Waals surface area contributed by atoms with Crippen LogP contribution in [-0.2, 0) is 27.0 Å². The number of rotatable bonds is 5. The number of carbonyl (C=O) groups is 2. The van der Waals surface area contributed by atoms with Gasteiger partial charge in [0.15, 0.2) is 6.61 Å². The highest BCUT2D eigenvalue weighted by Crippen LogP contribution is 2.31. The molecular weight excluding hydrogens is 375 g/mol. The number of halogens is 3. The molecule has 1 aromatic heterocycles. The van der Waals surface area contributed by atoms with Crippen molar-refractivity contribution in [2.24, 2.45) is 0 Å². The summed E-state index contributed by atoms with van der Waals surface area (Å²) in [5, 5.41) is 2.82. The summed E-state index contributed by atoms with van der Waals surface area (Å²) >= 11 is 0. The predicted octanol–water partition coefficient (Wildman–Crippen LogP) is 3.44. The third-order valence-electron chi connectivity index (χ3n) is 4.78. The molecule has 1 N–H and O–H groups in total. The zero-order valence-corrected chi connectivity index (χ0v) is 15.3. The Morgan fingerprint density at radius 1 is 1.14 bits per heavy atom. The van der Waals surface area contributed by atoms with Gasteiger partial charge in [0.25, 0.3) is 5.91 Å². The van der Waals surface area contributed by atoms with Crippen LogP contribution >= 0.6 is 0 Å². The Morgan fingerprint density at radius 3 is 2.50 bits per heavy atom. The fraction of sp³-hybridized carbons (Fsp3) is 0.526. The van der Waals surface area contributed by atoms with E-state index in [0.29, 0.717) is 0 Å². The van der Waals surface area contributed by atoms with Crippen LogP contribution in [-0.4, -0.2) is 34.1 Å². The molecule has 0 unspecified atom stereocenters.